The molecule has 1 aliphatic rings. The Bertz CT molecular complexity index is 1050. The van der Waals surface area contributed by atoms with E-state index in [4.69, 9.17) is 4.42 Å². The maximum Gasteiger partial charge on any atom is 0.277 e. The molecule has 2 N–H and O–H groups in total. The van der Waals surface area contributed by atoms with Gasteiger partial charge < -0.3 is 15.1 Å². The van der Waals surface area contributed by atoms with Gasteiger partial charge in [-0.25, -0.2) is 4.98 Å². The van der Waals surface area contributed by atoms with E-state index in [-0.39, 0.29) is 22.9 Å². The predicted molar refractivity (Wildman–Crippen MR) is 114 cm³/mol. The van der Waals surface area contributed by atoms with Gasteiger partial charge in [0, 0.05) is 17.5 Å². The summed E-state index contributed by atoms with van der Waals surface area (Å²) in [6.07, 6.45) is 3.63. The van der Waals surface area contributed by atoms with E-state index >= 15 is 0 Å². The number of aromatic nitrogens is 1. The lowest BCUT2D eigenvalue weighted by molar-refractivity contribution is -0.126. The third-order valence-corrected chi connectivity index (χ3v) is 5.58. The highest BCUT2D eigenvalue weighted by molar-refractivity contribution is 6.03. The number of carbonyl (C=O) groups excluding carboxylic acids is 2. The first-order valence-corrected chi connectivity index (χ1v) is 10.1. The zero-order chi connectivity index (χ0) is 21.1. The van der Waals surface area contributed by atoms with Crippen LogP contribution in [0.3, 0.4) is 0 Å². The number of aryl methyl sites for hydroxylation is 1. The van der Waals surface area contributed by atoms with Crippen molar-refractivity contribution in [1.29, 1.82) is 0 Å². The average Bonchev–Trinajstić information content (AvgIpc) is 3.31. The summed E-state index contributed by atoms with van der Waals surface area (Å²) in [6.45, 7) is 3.88. The van der Waals surface area contributed by atoms with Gasteiger partial charge >= 0.3 is 0 Å². The number of nitrogens with one attached hydrogen (secondary N) is 2. The molecule has 154 valence electrons. The third-order valence-electron chi connectivity index (χ3n) is 5.58. The van der Waals surface area contributed by atoms with Crippen LogP contribution < -0.4 is 10.6 Å². The maximum absolute atomic E-state index is 12.7. The number of rotatable bonds is 7. The van der Waals surface area contributed by atoms with Gasteiger partial charge in [0.05, 0.1) is 0 Å². The minimum absolute atomic E-state index is 0.00690. The van der Waals surface area contributed by atoms with Crippen molar-refractivity contribution in [1.82, 2.24) is 10.3 Å². The van der Waals surface area contributed by atoms with Gasteiger partial charge in [-0.05, 0) is 37.0 Å². The Labute approximate surface area is 175 Å². The van der Waals surface area contributed by atoms with E-state index in [1.54, 1.807) is 0 Å². The van der Waals surface area contributed by atoms with Crippen LogP contribution in [0, 0.1) is 12.3 Å². The van der Waals surface area contributed by atoms with Crippen LogP contribution in [-0.4, -0.2) is 16.8 Å². The molecule has 0 saturated heterocycles. The van der Waals surface area contributed by atoms with E-state index in [1.807, 2.05) is 68.4 Å². The lowest BCUT2D eigenvalue weighted by Crippen LogP contribution is -2.35. The van der Waals surface area contributed by atoms with Crippen LogP contribution in [0.25, 0.3) is 0 Å². The summed E-state index contributed by atoms with van der Waals surface area (Å²) in [7, 11) is 0. The molecule has 1 aromatic heterocycles. The SMILES string of the molecule is Cc1ccccc1NC(=O)c1coc([C@@H](Cc2ccccc2)NC(=O)C2(C)CC2)n1. The molecule has 2 amide bonds. The minimum Gasteiger partial charge on any atom is -0.446 e. The summed E-state index contributed by atoms with van der Waals surface area (Å²) in [4.78, 5) is 29.7. The second-order valence-electron chi connectivity index (χ2n) is 8.12. The van der Waals surface area contributed by atoms with Gasteiger partial charge in [0.25, 0.3) is 5.91 Å². The summed E-state index contributed by atoms with van der Waals surface area (Å²) >= 11 is 0. The van der Waals surface area contributed by atoms with Crippen LogP contribution in [0.5, 0.6) is 0 Å². The van der Waals surface area contributed by atoms with Crippen LogP contribution in [0.4, 0.5) is 5.69 Å². The zero-order valence-electron chi connectivity index (χ0n) is 17.1. The molecule has 0 radical (unpaired) electrons. The second-order valence-corrected chi connectivity index (χ2v) is 8.12. The standard InChI is InChI=1S/C24H25N3O3/c1-16-8-6-7-11-18(16)25-21(28)20-15-30-22(26-20)19(14-17-9-4-3-5-10-17)27-23(29)24(2)12-13-24/h3-11,15,19H,12-14H2,1-2H3,(H,25,28)(H,27,29)/t19-/m1/s1. The molecule has 0 spiro atoms. The predicted octanol–water partition coefficient (Wildman–Crippen LogP) is 4.44. The molecule has 4 rings (SSSR count). The first-order chi connectivity index (χ1) is 14.4. The largest absolute Gasteiger partial charge is 0.446 e. The Hall–Kier alpha value is -3.41. The van der Waals surface area contributed by atoms with Crippen LogP contribution >= 0.6 is 0 Å². The first kappa shape index (κ1) is 19.9. The van der Waals surface area contributed by atoms with E-state index in [1.165, 1.54) is 6.26 Å². The number of oxazole rings is 1. The summed E-state index contributed by atoms with van der Waals surface area (Å²) in [5, 5.41) is 5.92. The maximum atomic E-state index is 12.7. The summed E-state index contributed by atoms with van der Waals surface area (Å²) in [6, 6.07) is 16.9. The fourth-order valence-electron chi connectivity index (χ4n) is 3.25. The minimum atomic E-state index is -0.447. The second kappa shape index (κ2) is 8.14. The van der Waals surface area contributed by atoms with Crippen molar-refractivity contribution in [3.8, 4) is 0 Å². The monoisotopic (exact) mass is 403 g/mol. The number of hydrogen-bond acceptors (Lipinski definition) is 4. The molecule has 0 unspecified atom stereocenters. The van der Waals surface area contributed by atoms with Crippen molar-refractivity contribution in [3.05, 3.63) is 83.6 Å². The number of amides is 2. The van der Waals surface area contributed by atoms with E-state index in [9.17, 15) is 9.59 Å². The number of nitrogens with zero attached hydrogens (tertiary/aromatic N) is 1. The van der Waals surface area contributed by atoms with Gasteiger partial charge in [-0.1, -0.05) is 55.5 Å². The summed E-state index contributed by atoms with van der Waals surface area (Å²) in [5.41, 5.74) is 2.60. The normalized spacial score (nSPS) is 15.3. The third kappa shape index (κ3) is 4.43. The van der Waals surface area contributed by atoms with Crippen LogP contribution in [0.1, 0.15) is 53.3 Å². The van der Waals surface area contributed by atoms with Crippen LogP contribution in [0.15, 0.2) is 65.3 Å². The molecule has 1 heterocycles. The highest BCUT2D eigenvalue weighted by Gasteiger charge is 2.45. The van der Waals surface area contributed by atoms with Gasteiger partial charge in [-0.3, -0.25) is 9.59 Å². The molecule has 3 aromatic rings. The molecule has 1 atom stereocenters. The van der Waals surface area contributed by atoms with Crippen molar-refractivity contribution in [2.45, 2.75) is 39.2 Å². The molecular formula is C24H25N3O3. The highest BCUT2D eigenvalue weighted by atomic mass is 16.3. The fourth-order valence-corrected chi connectivity index (χ4v) is 3.25. The van der Waals surface area contributed by atoms with Gasteiger partial charge in [0.2, 0.25) is 11.8 Å². The Morgan fingerprint density at radius 3 is 2.50 bits per heavy atom. The molecule has 0 bridgehead atoms. The molecule has 6 nitrogen and oxygen atoms in total. The van der Waals surface area contributed by atoms with Gasteiger partial charge in [0.1, 0.15) is 12.3 Å². The highest BCUT2D eigenvalue weighted by Crippen LogP contribution is 2.45. The fraction of sp³-hybridized carbons (Fsp3) is 0.292. The van der Waals surface area contributed by atoms with E-state index in [0.29, 0.717) is 12.3 Å². The van der Waals surface area contributed by atoms with Crippen LogP contribution in [0.2, 0.25) is 0 Å². The molecular weight excluding hydrogens is 378 g/mol. The Morgan fingerprint density at radius 2 is 1.80 bits per heavy atom. The summed E-state index contributed by atoms with van der Waals surface area (Å²) in [5.74, 6) is -0.0304. The van der Waals surface area contributed by atoms with Gasteiger partial charge in [-0.2, -0.15) is 0 Å². The van der Waals surface area contributed by atoms with Crippen molar-refractivity contribution in [3.63, 3.8) is 0 Å². The number of para-hydroxylation sites is 1. The zero-order valence-corrected chi connectivity index (χ0v) is 17.1. The quantitative estimate of drug-likeness (QED) is 0.611. The van der Waals surface area contributed by atoms with Gasteiger partial charge in [-0.15, -0.1) is 0 Å². The average molecular weight is 403 g/mol. The molecule has 6 heteroatoms. The van der Waals surface area contributed by atoms with Crippen molar-refractivity contribution in [2.24, 2.45) is 5.41 Å². The molecule has 1 fully saturated rings. The lowest BCUT2D eigenvalue weighted by atomic mass is 10.0. The Kier molecular flexibility index (Phi) is 5.40. The van der Waals surface area contributed by atoms with E-state index in [2.05, 4.69) is 15.6 Å². The Balaban J connectivity index is 1.53. The Morgan fingerprint density at radius 1 is 1.10 bits per heavy atom. The van der Waals surface area contributed by atoms with Crippen LogP contribution in [-0.2, 0) is 11.2 Å². The van der Waals surface area contributed by atoms with Crippen molar-refractivity contribution in [2.75, 3.05) is 5.32 Å². The topological polar surface area (TPSA) is 84.2 Å². The number of hydrogen-bond donors (Lipinski definition) is 2. The molecule has 1 saturated carbocycles. The molecule has 1 aliphatic carbocycles. The van der Waals surface area contributed by atoms with E-state index < -0.39 is 6.04 Å². The lowest BCUT2D eigenvalue weighted by Gasteiger charge is -2.18. The molecule has 30 heavy (non-hydrogen) atoms. The van der Waals surface area contributed by atoms with E-state index in [0.717, 1.165) is 29.7 Å². The van der Waals surface area contributed by atoms with Crippen molar-refractivity contribution < 1.29 is 14.0 Å². The molecule has 2 aromatic carbocycles. The smallest absolute Gasteiger partial charge is 0.277 e. The number of carbonyl (C=O) groups is 2. The summed E-state index contributed by atoms with van der Waals surface area (Å²) < 4.78 is 5.64. The van der Waals surface area contributed by atoms with Gasteiger partial charge in [0.15, 0.2) is 5.69 Å². The number of benzene rings is 2. The number of anilines is 1. The first-order valence-electron chi connectivity index (χ1n) is 10.1. The van der Waals surface area contributed by atoms with Crippen molar-refractivity contribution >= 4 is 17.5 Å². The molecule has 0 aliphatic heterocycles.